The molecule has 10 heteroatoms. The highest BCUT2D eigenvalue weighted by Gasteiger charge is 2.51. The third kappa shape index (κ3) is 3.27. The number of aromatic carboxylic acids is 1. The van der Waals surface area contributed by atoms with Crippen molar-refractivity contribution >= 4 is 46.3 Å². The minimum absolute atomic E-state index is 0.109. The van der Waals surface area contributed by atoms with Gasteiger partial charge in [-0.2, -0.15) is 13.2 Å². The number of alkyl halides is 3. The molecule has 1 saturated heterocycles. The first kappa shape index (κ1) is 21.3. The van der Waals surface area contributed by atoms with Crippen LogP contribution in [-0.2, 0) is 11.0 Å². The molecule has 6 nitrogen and oxygen atoms in total. The van der Waals surface area contributed by atoms with Gasteiger partial charge in [-0.05, 0) is 50.3 Å². The Morgan fingerprint density at radius 1 is 1.20 bits per heavy atom. The maximum Gasteiger partial charge on any atom is 0.407 e. The normalized spacial score (nSPS) is 16.0. The van der Waals surface area contributed by atoms with Gasteiger partial charge in [0.2, 0.25) is 0 Å². The van der Waals surface area contributed by atoms with Crippen molar-refractivity contribution in [1.29, 1.82) is 0 Å². The van der Waals surface area contributed by atoms with E-state index in [-0.39, 0.29) is 22.1 Å². The van der Waals surface area contributed by atoms with Gasteiger partial charge in [0.05, 0.1) is 23.4 Å². The molecule has 0 bridgehead atoms. The van der Waals surface area contributed by atoms with E-state index in [1.807, 2.05) is 0 Å². The number of thiocarbonyl (C=S) groups is 1. The molecule has 1 N–H and O–H groups in total. The zero-order valence-corrected chi connectivity index (χ0v) is 16.5. The van der Waals surface area contributed by atoms with Crippen molar-refractivity contribution < 1.29 is 27.9 Å². The van der Waals surface area contributed by atoms with Crippen LogP contribution in [0.4, 0.5) is 30.2 Å². The van der Waals surface area contributed by atoms with Crippen LogP contribution in [0, 0.1) is 6.57 Å². The molecule has 0 saturated carbocycles. The molecule has 0 atom stereocenters. The van der Waals surface area contributed by atoms with E-state index in [4.69, 9.17) is 18.8 Å². The number of benzene rings is 2. The predicted molar refractivity (Wildman–Crippen MR) is 108 cm³/mol. The minimum atomic E-state index is -4.80. The average molecular weight is 433 g/mol. The van der Waals surface area contributed by atoms with E-state index < -0.39 is 34.8 Å². The van der Waals surface area contributed by atoms with Gasteiger partial charge in [0.25, 0.3) is 5.91 Å². The van der Waals surface area contributed by atoms with E-state index in [1.54, 1.807) is 6.07 Å². The van der Waals surface area contributed by atoms with Gasteiger partial charge >= 0.3 is 12.1 Å². The maximum absolute atomic E-state index is 13.4. The highest BCUT2D eigenvalue weighted by Crippen LogP contribution is 2.42. The Kier molecular flexibility index (Phi) is 5.04. The molecule has 1 aliphatic heterocycles. The van der Waals surface area contributed by atoms with Crippen molar-refractivity contribution in [2.24, 2.45) is 0 Å². The fraction of sp³-hybridized carbons (Fsp3) is 0.200. The molecule has 1 amide bonds. The van der Waals surface area contributed by atoms with Gasteiger partial charge in [-0.3, -0.25) is 9.69 Å². The number of carbonyl (C=O) groups is 2. The van der Waals surface area contributed by atoms with Crippen molar-refractivity contribution in [3.8, 4) is 0 Å². The van der Waals surface area contributed by atoms with Crippen molar-refractivity contribution in [3.05, 3.63) is 65.0 Å². The summed E-state index contributed by atoms with van der Waals surface area (Å²) in [7, 11) is 0. The molecular formula is C20H14F3N3O3S. The first-order valence-electron chi connectivity index (χ1n) is 8.51. The molecule has 1 aliphatic rings. The Hall–Kier alpha value is -3.45. The molecule has 3 rings (SSSR count). The number of amides is 1. The second-order valence-corrected chi connectivity index (χ2v) is 7.32. The quantitative estimate of drug-likeness (QED) is 0.553. The van der Waals surface area contributed by atoms with Crippen LogP contribution in [0.2, 0.25) is 0 Å². The lowest BCUT2D eigenvalue weighted by atomic mass is 10.0. The molecule has 0 aliphatic carbocycles. The summed E-state index contributed by atoms with van der Waals surface area (Å²) >= 11 is 5.39. The first-order chi connectivity index (χ1) is 13.9. The smallest absolute Gasteiger partial charge is 0.407 e. The monoisotopic (exact) mass is 433 g/mol. The largest absolute Gasteiger partial charge is 0.478 e. The number of para-hydroxylation sites is 1. The highest BCUT2D eigenvalue weighted by atomic mass is 32.1. The van der Waals surface area contributed by atoms with Gasteiger partial charge in [-0.25, -0.2) is 9.64 Å². The third-order valence-electron chi connectivity index (χ3n) is 4.71. The Morgan fingerprint density at radius 3 is 2.40 bits per heavy atom. The molecule has 1 fully saturated rings. The van der Waals surface area contributed by atoms with Gasteiger partial charge in [-0.1, -0.05) is 18.2 Å². The molecule has 0 radical (unpaired) electrons. The Balaban J connectivity index is 2.17. The fourth-order valence-electron chi connectivity index (χ4n) is 3.26. The van der Waals surface area contributed by atoms with Gasteiger partial charge in [-0.15, -0.1) is 0 Å². The molecule has 2 aromatic carbocycles. The van der Waals surface area contributed by atoms with Gasteiger partial charge in [0, 0.05) is 5.69 Å². The first-order valence-corrected chi connectivity index (χ1v) is 8.92. The van der Waals surface area contributed by atoms with Crippen LogP contribution in [-0.4, -0.2) is 27.6 Å². The summed E-state index contributed by atoms with van der Waals surface area (Å²) in [4.78, 5) is 29.9. The Labute approximate surface area is 174 Å². The number of carboxylic acid groups (broad SMARTS) is 1. The molecule has 0 spiro atoms. The number of hydrogen-bond donors (Lipinski definition) is 1. The number of carboxylic acids is 1. The molecule has 2 aromatic rings. The van der Waals surface area contributed by atoms with Crippen molar-refractivity contribution in [3.63, 3.8) is 0 Å². The maximum atomic E-state index is 13.4. The van der Waals surface area contributed by atoms with E-state index in [0.717, 1.165) is 11.0 Å². The summed E-state index contributed by atoms with van der Waals surface area (Å²) in [5, 5.41) is 9.33. The molecular weight excluding hydrogens is 419 g/mol. The second kappa shape index (κ2) is 7.11. The lowest BCUT2D eigenvalue weighted by Gasteiger charge is -2.30. The van der Waals surface area contributed by atoms with Crippen molar-refractivity contribution in [2.45, 2.75) is 25.6 Å². The van der Waals surface area contributed by atoms with E-state index >= 15 is 0 Å². The number of rotatable bonds is 3. The third-order valence-corrected chi connectivity index (χ3v) is 5.07. The SMILES string of the molecule is [C-]#[N+]c1ccc(N2C(=O)C(C)(C)N(c3ccccc3C(=O)O)C2=S)cc1C(F)(F)F. The van der Waals surface area contributed by atoms with Crippen molar-refractivity contribution in [1.82, 2.24) is 0 Å². The minimum Gasteiger partial charge on any atom is -0.478 e. The van der Waals surface area contributed by atoms with Crippen LogP contribution in [0.15, 0.2) is 42.5 Å². The Morgan fingerprint density at radius 2 is 1.83 bits per heavy atom. The number of halogens is 3. The molecule has 0 aromatic heterocycles. The van der Waals surface area contributed by atoms with Crippen molar-refractivity contribution in [2.75, 3.05) is 9.80 Å². The van der Waals surface area contributed by atoms with E-state index in [1.165, 1.54) is 43.0 Å². The van der Waals surface area contributed by atoms with Gasteiger partial charge in [0.1, 0.15) is 5.54 Å². The fourth-order valence-corrected chi connectivity index (χ4v) is 3.78. The van der Waals surface area contributed by atoms with E-state index in [0.29, 0.717) is 6.07 Å². The number of hydrogen-bond acceptors (Lipinski definition) is 3. The number of carbonyl (C=O) groups excluding carboxylic acids is 1. The summed E-state index contributed by atoms with van der Waals surface area (Å²) in [5.74, 6) is -1.87. The molecule has 154 valence electrons. The van der Waals surface area contributed by atoms with E-state index in [2.05, 4.69) is 4.85 Å². The summed E-state index contributed by atoms with van der Waals surface area (Å²) in [6.45, 7) is 9.95. The van der Waals surface area contributed by atoms with Crippen LogP contribution < -0.4 is 9.80 Å². The summed E-state index contributed by atoms with van der Waals surface area (Å²) in [5.41, 5.74) is -3.27. The summed E-state index contributed by atoms with van der Waals surface area (Å²) in [6.07, 6.45) is -4.80. The van der Waals surface area contributed by atoms with Gasteiger partial charge < -0.3 is 10.0 Å². The molecule has 0 unspecified atom stereocenters. The number of nitrogens with zero attached hydrogens (tertiary/aromatic N) is 3. The zero-order chi connectivity index (χ0) is 22.4. The van der Waals surface area contributed by atoms with E-state index in [9.17, 15) is 27.9 Å². The zero-order valence-electron chi connectivity index (χ0n) is 15.7. The van der Waals surface area contributed by atoms with Gasteiger partial charge in [0.15, 0.2) is 10.8 Å². The Bertz CT molecular complexity index is 1120. The topological polar surface area (TPSA) is 65.2 Å². The average Bonchev–Trinajstić information content (AvgIpc) is 2.84. The predicted octanol–water partition coefficient (Wildman–Crippen LogP) is 4.87. The molecule has 30 heavy (non-hydrogen) atoms. The molecule has 1 heterocycles. The number of anilines is 2. The lowest BCUT2D eigenvalue weighted by molar-refractivity contribution is -0.136. The standard InChI is InChI=1S/C20H14F3N3O3S/c1-19(2)17(29)25(11-8-9-14(24-3)13(10-11)20(21,22)23)18(30)26(19)15-7-5-4-6-12(15)16(27)28/h4-10H,1-2H3,(H,27,28). The highest BCUT2D eigenvalue weighted by molar-refractivity contribution is 7.81. The van der Waals surface area contributed by atoms with Crippen LogP contribution in [0.5, 0.6) is 0 Å². The van der Waals surface area contributed by atoms with Crippen LogP contribution >= 0.6 is 12.2 Å². The summed E-state index contributed by atoms with van der Waals surface area (Å²) < 4.78 is 40.1. The van der Waals surface area contributed by atoms with Crippen LogP contribution in [0.1, 0.15) is 29.8 Å². The second-order valence-electron chi connectivity index (χ2n) is 6.95. The van der Waals surface area contributed by atoms with Crippen LogP contribution in [0.3, 0.4) is 0 Å². The lowest BCUT2D eigenvalue weighted by Crippen LogP contribution is -2.45. The summed E-state index contributed by atoms with van der Waals surface area (Å²) in [6, 6.07) is 8.77. The van der Waals surface area contributed by atoms with Crippen LogP contribution in [0.25, 0.3) is 4.85 Å².